The van der Waals surface area contributed by atoms with E-state index in [2.05, 4.69) is 10.6 Å². The van der Waals surface area contributed by atoms with E-state index in [0.29, 0.717) is 0 Å². The topological polar surface area (TPSA) is 154 Å². The fourth-order valence-corrected chi connectivity index (χ4v) is 3.13. The van der Waals surface area contributed by atoms with E-state index in [0.717, 1.165) is 12.5 Å². The number of aliphatic hydroxyl groups is 1. The molecule has 0 aliphatic rings. The Morgan fingerprint density at radius 1 is 1.10 bits per heavy atom. The van der Waals surface area contributed by atoms with Crippen LogP contribution in [0.1, 0.15) is 32.8 Å². The third-order valence-corrected chi connectivity index (χ3v) is 4.75. The van der Waals surface area contributed by atoms with E-state index in [-0.39, 0.29) is 18.8 Å². The molecule has 0 aliphatic heterocycles. The van der Waals surface area contributed by atoms with Crippen LogP contribution in [0.4, 0.5) is 0 Å². The Labute approximate surface area is 181 Å². The molecule has 0 saturated carbocycles. The largest absolute Gasteiger partial charge is 0.462 e. The highest BCUT2D eigenvalue weighted by atomic mass is 16.5. The number of likely N-dealkylation sites (N-methyl/N-ethyl adjacent to an activating group) is 1. The Morgan fingerprint density at radius 3 is 2.19 bits per heavy atom. The standard InChI is InChI=1S/C21H31N3O7/c1-13(2)10-16(21(29,20(28)24-30)12-31-14(3)25)18(26)23-17(19(27)22-4)11-15-8-6-5-7-9-15/h5-9,13,16-17,29-30H,10-12H2,1-4H3,(H,22,27)(H,23,26)(H,24,28)/t16-,17-,21+/m0/s1. The molecule has 172 valence electrons. The van der Waals surface area contributed by atoms with Crippen molar-refractivity contribution in [1.82, 2.24) is 16.1 Å². The molecular weight excluding hydrogens is 406 g/mol. The van der Waals surface area contributed by atoms with E-state index in [4.69, 9.17) is 9.94 Å². The van der Waals surface area contributed by atoms with Crippen LogP contribution in [0.5, 0.6) is 0 Å². The Morgan fingerprint density at radius 2 is 1.71 bits per heavy atom. The minimum absolute atomic E-state index is 0.0167. The highest BCUT2D eigenvalue weighted by molar-refractivity contribution is 5.94. The van der Waals surface area contributed by atoms with Gasteiger partial charge in [-0.25, -0.2) is 5.48 Å². The predicted octanol–water partition coefficient (Wildman–Crippen LogP) is -0.0782. The van der Waals surface area contributed by atoms with Crippen molar-refractivity contribution in [2.75, 3.05) is 13.7 Å². The highest BCUT2D eigenvalue weighted by Crippen LogP contribution is 2.27. The molecule has 31 heavy (non-hydrogen) atoms. The van der Waals surface area contributed by atoms with Gasteiger partial charge in [-0.3, -0.25) is 24.4 Å². The molecule has 0 heterocycles. The summed E-state index contributed by atoms with van der Waals surface area (Å²) in [6.07, 6.45) is 0.193. The van der Waals surface area contributed by atoms with Gasteiger partial charge in [-0.05, 0) is 17.9 Å². The number of hydroxylamine groups is 1. The van der Waals surface area contributed by atoms with Crippen molar-refractivity contribution in [2.24, 2.45) is 11.8 Å². The molecule has 1 rings (SSSR count). The zero-order chi connectivity index (χ0) is 23.6. The quantitative estimate of drug-likeness (QED) is 0.184. The van der Waals surface area contributed by atoms with Crippen molar-refractivity contribution in [2.45, 2.75) is 45.3 Å². The Balaban J connectivity index is 3.23. The van der Waals surface area contributed by atoms with Gasteiger partial charge in [0, 0.05) is 20.4 Å². The number of carbonyl (C=O) groups excluding carboxylic acids is 4. The first-order chi connectivity index (χ1) is 14.5. The lowest BCUT2D eigenvalue weighted by Crippen LogP contribution is -2.61. The number of benzene rings is 1. The van der Waals surface area contributed by atoms with Crippen molar-refractivity contribution in [1.29, 1.82) is 0 Å². The maximum absolute atomic E-state index is 13.2. The lowest BCUT2D eigenvalue weighted by molar-refractivity contribution is -0.174. The zero-order valence-electron chi connectivity index (χ0n) is 18.2. The second-order valence-electron chi connectivity index (χ2n) is 7.69. The highest BCUT2D eigenvalue weighted by Gasteiger charge is 2.49. The molecule has 3 amide bonds. The summed E-state index contributed by atoms with van der Waals surface area (Å²) in [7, 11) is 1.42. The first-order valence-corrected chi connectivity index (χ1v) is 9.91. The SMILES string of the molecule is CNC(=O)[C@H](Cc1ccccc1)NC(=O)[C@H](CC(C)C)[C@](O)(COC(C)=O)C(=O)NO. The van der Waals surface area contributed by atoms with E-state index < -0.39 is 47.9 Å². The Hall–Kier alpha value is -2.98. The summed E-state index contributed by atoms with van der Waals surface area (Å²) in [6, 6.07) is 8.02. The molecule has 0 saturated heterocycles. The van der Waals surface area contributed by atoms with Crippen molar-refractivity contribution in [3.8, 4) is 0 Å². The number of carbonyl (C=O) groups is 4. The fourth-order valence-electron chi connectivity index (χ4n) is 3.13. The molecule has 1 aromatic carbocycles. The maximum Gasteiger partial charge on any atom is 0.302 e. The van der Waals surface area contributed by atoms with Gasteiger partial charge in [0.25, 0.3) is 5.91 Å². The predicted molar refractivity (Wildman–Crippen MR) is 111 cm³/mol. The van der Waals surface area contributed by atoms with E-state index in [1.54, 1.807) is 38.1 Å². The van der Waals surface area contributed by atoms with E-state index in [1.807, 2.05) is 6.07 Å². The molecule has 3 atom stereocenters. The van der Waals surface area contributed by atoms with Crippen LogP contribution < -0.4 is 16.1 Å². The lowest BCUT2D eigenvalue weighted by Gasteiger charge is -2.34. The van der Waals surface area contributed by atoms with Crippen molar-refractivity contribution in [3.63, 3.8) is 0 Å². The van der Waals surface area contributed by atoms with Gasteiger partial charge in [-0.2, -0.15) is 0 Å². The minimum Gasteiger partial charge on any atom is -0.462 e. The van der Waals surface area contributed by atoms with Crippen LogP contribution in [0.2, 0.25) is 0 Å². The van der Waals surface area contributed by atoms with Gasteiger partial charge in [-0.15, -0.1) is 0 Å². The molecule has 10 nitrogen and oxygen atoms in total. The van der Waals surface area contributed by atoms with Crippen LogP contribution in [-0.4, -0.2) is 59.3 Å². The van der Waals surface area contributed by atoms with Gasteiger partial charge in [0.15, 0.2) is 5.60 Å². The number of amides is 3. The smallest absolute Gasteiger partial charge is 0.302 e. The molecule has 0 aliphatic carbocycles. The van der Waals surface area contributed by atoms with Crippen LogP contribution >= 0.6 is 0 Å². The molecule has 0 fully saturated rings. The van der Waals surface area contributed by atoms with Crippen molar-refractivity contribution in [3.05, 3.63) is 35.9 Å². The van der Waals surface area contributed by atoms with Gasteiger partial charge in [0.1, 0.15) is 12.6 Å². The summed E-state index contributed by atoms with van der Waals surface area (Å²) in [5, 5.41) is 25.2. The fraction of sp³-hybridized carbons (Fsp3) is 0.524. The number of ether oxygens (including phenoxy) is 1. The Bertz CT molecular complexity index is 769. The lowest BCUT2D eigenvalue weighted by atomic mass is 9.80. The average molecular weight is 437 g/mol. The molecule has 1 aromatic rings. The van der Waals surface area contributed by atoms with Crippen LogP contribution in [0.3, 0.4) is 0 Å². The van der Waals surface area contributed by atoms with Crippen molar-refractivity contribution >= 4 is 23.7 Å². The molecule has 0 aromatic heterocycles. The maximum atomic E-state index is 13.2. The molecule has 0 bridgehead atoms. The minimum atomic E-state index is -2.55. The van der Waals surface area contributed by atoms with Crippen LogP contribution in [0.25, 0.3) is 0 Å². The zero-order valence-corrected chi connectivity index (χ0v) is 18.2. The summed E-state index contributed by atoms with van der Waals surface area (Å²) >= 11 is 0. The van der Waals surface area contributed by atoms with Crippen LogP contribution in [0, 0.1) is 11.8 Å². The number of hydrogen-bond donors (Lipinski definition) is 5. The van der Waals surface area contributed by atoms with Gasteiger partial charge in [-0.1, -0.05) is 44.2 Å². The van der Waals surface area contributed by atoms with E-state index in [9.17, 15) is 24.3 Å². The third-order valence-electron chi connectivity index (χ3n) is 4.75. The third kappa shape index (κ3) is 7.65. The summed E-state index contributed by atoms with van der Waals surface area (Å²) in [6.45, 7) is 3.77. The first-order valence-electron chi connectivity index (χ1n) is 9.91. The van der Waals surface area contributed by atoms with Crippen LogP contribution in [-0.2, 0) is 30.3 Å². The van der Waals surface area contributed by atoms with Gasteiger partial charge >= 0.3 is 5.97 Å². The second kappa shape index (κ2) is 12.0. The molecule has 0 spiro atoms. The second-order valence-corrected chi connectivity index (χ2v) is 7.69. The molecule has 10 heteroatoms. The normalized spacial score (nSPS) is 14.7. The number of hydrogen-bond acceptors (Lipinski definition) is 7. The van der Waals surface area contributed by atoms with E-state index >= 15 is 0 Å². The number of nitrogens with one attached hydrogen (secondary N) is 3. The van der Waals surface area contributed by atoms with Crippen LogP contribution in [0.15, 0.2) is 30.3 Å². The Kier molecular flexibility index (Phi) is 10.1. The molecule has 0 radical (unpaired) electrons. The van der Waals surface area contributed by atoms with E-state index in [1.165, 1.54) is 12.5 Å². The summed E-state index contributed by atoms with van der Waals surface area (Å²) in [5.74, 6) is -4.90. The molecule has 5 N–H and O–H groups in total. The average Bonchev–Trinajstić information content (AvgIpc) is 2.74. The first kappa shape index (κ1) is 26.1. The summed E-state index contributed by atoms with van der Waals surface area (Å²) in [4.78, 5) is 49.1. The number of rotatable bonds is 11. The number of esters is 1. The monoisotopic (exact) mass is 437 g/mol. The van der Waals surface area contributed by atoms with Gasteiger partial charge in [0.05, 0.1) is 5.92 Å². The van der Waals surface area contributed by atoms with Gasteiger partial charge < -0.3 is 20.5 Å². The summed E-state index contributed by atoms with van der Waals surface area (Å²) in [5.41, 5.74) is -0.430. The van der Waals surface area contributed by atoms with Crippen molar-refractivity contribution < 1.29 is 34.2 Å². The molecule has 0 unspecified atom stereocenters. The van der Waals surface area contributed by atoms with Gasteiger partial charge in [0.2, 0.25) is 11.8 Å². The molecular formula is C21H31N3O7. The summed E-state index contributed by atoms with van der Waals surface area (Å²) < 4.78 is 4.79.